The number of rotatable bonds is 57. The minimum atomic E-state index is -0.868. The van der Waals surface area contributed by atoms with Gasteiger partial charge in [-0.2, -0.15) is 0 Å². The molecule has 4 heteroatoms. The van der Waals surface area contributed by atoms with E-state index < -0.39 is 12.1 Å². The van der Waals surface area contributed by atoms with Gasteiger partial charge in [0.25, 0.3) is 0 Å². The molecule has 0 aromatic heterocycles. The summed E-state index contributed by atoms with van der Waals surface area (Å²) in [6.07, 6.45) is 80.8. The van der Waals surface area contributed by atoms with Crippen molar-refractivity contribution in [3.8, 4) is 0 Å². The van der Waals surface area contributed by atoms with Crippen LogP contribution in [0.15, 0.2) is 36.5 Å². The summed E-state index contributed by atoms with van der Waals surface area (Å²) in [5, 5.41) is 23.1. The van der Waals surface area contributed by atoms with Gasteiger partial charge in [0.05, 0.1) is 18.8 Å². The molecule has 0 rings (SSSR count). The van der Waals surface area contributed by atoms with Gasteiger partial charge in [-0.05, 0) is 44.9 Å². The highest BCUT2D eigenvalue weighted by Crippen LogP contribution is 2.18. The molecule has 0 saturated carbocycles. The molecule has 0 aliphatic heterocycles. The molecule has 0 aromatic carbocycles. The maximum absolute atomic E-state index is 12.4. The van der Waals surface area contributed by atoms with Crippen LogP contribution in [0.5, 0.6) is 0 Å². The SMILES string of the molecule is CCCCCC/C=C/CC/C=C/CC/C=C/C(O)C(CO)NC(=O)CCCCCCCCCCCCCCCCCCCCCCCCCCCCCCCCCCCCCCCCCCC. The molecule has 0 bridgehead atoms. The summed E-state index contributed by atoms with van der Waals surface area (Å²) in [6, 6.07) is -0.643. The van der Waals surface area contributed by atoms with Crippen LogP contribution in [0.25, 0.3) is 0 Å². The first-order valence-electron chi connectivity index (χ1n) is 30.7. The van der Waals surface area contributed by atoms with E-state index in [9.17, 15) is 15.0 Å². The van der Waals surface area contributed by atoms with E-state index in [0.29, 0.717) is 6.42 Å². The molecule has 0 aromatic rings. The van der Waals surface area contributed by atoms with E-state index in [1.807, 2.05) is 6.08 Å². The average molecular weight is 941 g/mol. The largest absolute Gasteiger partial charge is 0.394 e. The van der Waals surface area contributed by atoms with Crippen LogP contribution >= 0.6 is 0 Å². The number of carbonyl (C=O) groups excluding carboxylic acids is 1. The van der Waals surface area contributed by atoms with Crippen LogP contribution < -0.4 is 5.32 Å². The Balaban J connectivity index is 3.35. The molecule has 1 amide bonds. The minimum Gasteiger partial charge on any atom is -0.394 e. The van der Waals surface area contributed by atoms with Crippen LogP contribution in [0.1, 0.15) is 341 Å². The Morgan fingerprint density at radius 1 is 0.343 bits per heavy atom. The maximum atomic E-state index is 12.4. The summed E-state index contributed by atoms with van der Waals surface area (Å²) >= 11 is 0. The van der Waals surface area contributed by atoms with Crippen LogP contribution in [-0.2, 0) is 4.79 Å². The average Bonchev–Trinajstić information content (AvgIpc) is 3.33. The van der Waals surface area contributed by atoms with Crippen molar-refractivity contribution in [2.75, 3.05) is 6.61 Å². The molecule has 0 saturated heterocycles. The summed E-state index contributed by atoms with van der Waals surface area (Å²) in [4.78, 5) is 12.4. The Morgan fingerprint density at radius 3 is 0.866 bits per heavy atom. The van der Waals surface area contributed by atoms with Gasteiger partial charge < -0.3 is 15.5 Å². The van der Waals surface area contributed by atoms with Gasteiger partial charge in [0.2, 0.25) is 5.91 Å². The Kier molecular flexibility index (Phi) is 57.7. The quantitative estimate of drug-likeness (QED) is 0.0420. The fraction of sp³-hybridized carbons (Fsp3) is 0.889. The molecule has 2 atom stereocenters. The number of unbranched alkanes of at least 4 members (excludes halogenated alkanes) is 46. The Morgan fingerprint density at radius 2 is 0.582 bits per heavy atom. The van der Waals surface area contributed by atoms with Crippen molar-refractivity contribution in [1.82, 2.24) is 5.32 Å². The molecule has 2 unspecified atom stereocenters. The van der Waals surface area contributed by atoms with Crippen molar-refractivity contribution in [2.24, 2.45) is 0 Å². The molecule has 0 aliphatic carbocycles. The molecule has 0 radical (unpaired) electrons. The highest BCUT2D eigenvalue weighted by Gasteiger charge is 2.18. The van der Waals surface area contributed by atoms with E-state index in [2.05, 4.69) is 43.5 Å². The summed E-state index contributed by atoms with van der Waals surface area (Å²) in [7, 11) is 0. The van der Waals surface area contributed by atoms with E-state index >= 15 is 0 Å². The second-order valence-corrected chi connectivity index (χ2v) is 21.1. The highest BCUT2D eigenvalue weighted by atomic mass is 16.3. The van der Waals surface area contributed by atoms with Gasteiger partial charge in [-0.25, -0.2) is 0 Å². The van der Waals surface area contributed by atoms with Crippen LogP contribution in [0.2, 0.25) is 0 Å². The maximum Gasteiger partial charge on any atom is 0.220 e. The molecular formula is C63H121NO3. The predicted molar refractivity (Wildman–Crippen MR) is 299 cm³/mol. The Hall–Kier alpha value is -1.39. The number of hydrogen-bond donors (Lipinski definition) is 3. The molecule has 396 valence electrons. The zero-order valence-corrected chi connectivity index (χ0v) is 45.7. The lowest BCUT2D eigenvalue weighted by molar-refractivity contribution is -0.123. The standard InChI is InChI=1S/C63H121NO3/c1-3-5-7-9-11-13-15-17-19-20-21-22-23-24-25-26-27-28-29-30-31-32-33-34-35-36-37-38-39-40-41-42-43-44-45-47-49-51-53-55-57-59-63(67)64-61(60-65)62(66)58-56-54-52-50-48-46-18-16-14-12-10-8-6-4-2/h14,16,48,50,56,58,61-62,65-66H,3-13,15,17-47,49,51-55,57,59-60H2,1-2H3,(H,64,67)/b16-14+,50-48+,58-56+. The van der Waals surface area contributed by atoms with Crippen molar-refractivity contribution in [2.45, 2.75) is 353 Å². The Bertz CT molecular complexity index is 1020. The van der Waals surface area contributed by atoms with Crippen molar-refractivity contribution >= 4 is 5.91 Å². The van der Waals surface area contributed by atoms with Crippen LogP contribution in [0, 0.1) is 0 Å². The van der Waals surface area contributed by atoms with Crippen LogP contribution in [-0.4, -0.2) is 34.9 Å². The molecule has 0 fully saturated rings. The number of hydrogen-bond acceptors (Lipinski definition) is 3. The number of allylic oxidation sites excluding steroid dienone is 5. The van der Waals surface area contributed by atoms with Gasteiger partial charge in [-0.1, -0.05) is 326 Å². The second kappa shape index (κ2) is 58.9. The number of carbonyl (C=O) groups is 1. The van der Waals surface area contributed by atoms with E-state index in [4.69, 9.17) is 0 Å². The number of amides is 1. The van der Waals surface area contributed by atoms with E-state index in [1.54, 1.807) is 6.08 Å². The van der Waals surface area contributed by atoms with Crippen molar-refractivity contribution in [3.05, 3.63) is 36.5 Å². The van der Waals surface area contributed by atoms with Gasteiger partial charge in [-0.3, -0.25) is 4.79 Å². The topological polar surface area (TPSA) is 69.6 Å². The monoisotopic (exact) mass is 940 g/mol. The van der Waals surface area contributed by atoms with Gasteiger partial charge in [-0.15, -0.1) is 0 Å². The zero-order valence-electron chi connectivity index (χ0n) is 45.7. The van der Waals surface area contributed by atoms with Crippen LogP contribution in [0.4, 0.5) is 0 Å². The van der Waals surface area contributed by atoms with Crippen molar-refractivity contribution in [1.29, 1.82) is 0 Å². The van der Waals surface area contributed by atoms with Crippen LogP contribution in [0.3, 0.4) is 0 Å². The smallest absolute Gasteiger partial charge is 0.220 e. The summed E-state index contributed by atoms with van der Waals surface area (Å²) in [5.74, 6) is -0.0730. The van der Waals surface area contributed by atoms with Gasteiger partial charge in [0, 0.05) is 6.42 Å². The lowest BCUT2D eigenvalue weighted by Gasteiger charge is -2.19. The Labute approximate surface area is 421 Å². The fourth-order valence-corrected chi connectivity index (χ4v) is 9.69. The van der Waals surface area contributed by atoms with Gasteiger partial charge in [0.15, 0.2) is 0 Å². The molecular weight excluding hydrogens is 819 g/mol. The zero-order chi connectivity index (χ0) is 48.5. The highest BCUT2D eigenvalue weighted by molar-refractivity contribution is 5.76. The lowest BCUT2D eigenvalue weighted by Crippen LogP contribution is -2.45. The summed E-state index contributed by atoms with van der Waals surface area (Å²) in [5.41, 5.74) is 0. The van der Waals surface area contributed by atoms with Crippen molar-refractivity contribution in [3.63, 3.8) is 0 Å². The molecule has 0 spiro atoms. The summed E-state index contributed by atoms with van der Waals surface area (Å²) in [6.45, 7) is 4.30. The van der Waals surface area contributed by atoms with Gasteiger partial charge in [0.1, 0.15) is 0 Å². The molecule has 3 N–H and O–H groups in total. The minimum absolute atomic E-state index is 0.0730. The van der Waals surface area contributed by atoms with E-state index in [-0.39, 0.29) is 12.5 Å². The number of nitrogens with one attached hydrogen (secondary N) is 1. The third-order valence-corrected chi connectivity index (χ3v) is 14.4. The number of aliphatic hydroxyl groups is 2. The lowest BCUT2D eigenvalue weighted by atomic mass is 10.0. The molecule has 67 heavy (non-hydrogen) atoms. The molecule has 4 nitrogen and oxygen atoms in total. The normalized spacial score (nSPS) is 13.0. The molecule has 0 heterocycles. The molecule has 0 aliphatic rings. The van der Waals surface area contributed by atoms with E-state index in [1.165, 1.54) is 283 Å². The first-order valence-corrected chi connectivity index (χ1v) is 30.7. The number of aliphatic hydroxyl groups excluding tert-OH is 2. The fourth-order valence-electron chi connectivity index (χ4n) is 9.69. The first kappa shape index (κ1) is 65.6. The first-order chi connectivity index (χ1) is 33.2. The second-order valence-electron chi connectivity index (χ2n) is 21.1. The third-order valence-electron chi connectivity index (χ3n) is 14.4. The van der Waals surface area contributed by atoms with Gasteiger partial charge >= 0.3 is 0 Å². The summed E-state index contributed by atoms with van der Waals surface area (Å²) < 4.78 is 0. The van der Waals surface area contributed by atoms with Crippen molar-refractivity contribution < 1.29 is 15.0 Å². The third kappa shape index (κ3) is 55.4. The van der Waals surface area contributed by atoms with E-state index in [0.717, 1.165) is 38.5 Å². The predicted octanol–water partition coefficient (Wildman–Crippen LogP) is 20.4.